The normalized spacial score (nSPS) is 35.6. The number of carbonyl (C=O) groups is 1. The highest BCUT2D eigenvalue weighted by atomic mass is 16.5. The number of hydrogen-bond donors (Lipinski definition) is 0. The highest BCUT2D eigenvalue weighted by Crippen LogP contribution is 2.38. The second kappa shape index (κ2) is 5.92. The number of hydrogen-bond acceptors (Lipinski definition) is 3. The van der Waals surface area contributed by atoms with Gasteiger partial charge in [-0.25, -0.2) is 0 Å². The van der Waals surface area contributed by atoms with Gasteiger partial charge in [0.1, 0.15) is 6.29 Å². The molecule has 3 nitrogen and oxygen atoms in total. The Labute approximate surface area is 116 Å². The molecule has 0 aromatic carbocycles. The third-order valence-electron chi connectivity index (χ3n) is 5.61. The molecule has 2 heterocycles. The van der Waals surface area contributed by atoms with Gasteiger partial charge in [0.15, 0.2) is 0 Å². The van der Waals surface area contributed by atoms with Crippen LogP contribution in [0.15, 0.2) is 0 Å². The number of nitrogens with zero attached hydrogens (tertiary/aromatic N) is 1. The van der Waals surface area contributed by atoms with Crippen LogP contribution in [-0.2, 0) is 9.53 Å². The molecule has 0 aromatic rings. The molecule has 0 amide bonds. The van der Waals surface area contributed by atoms with Gasteiger partial charge in [0, 0.05) is 31.2 Å². The summed E-state index contributed by atoms with van der Waals surface area (Å²) < 4.78 is 5.44. The van der Waals surface area contributed by atoms with Gasteiger partial charge in [0.2, 0.25) is 0 Å². The lowest BCUT2D eigenvalue weighted by atomic mass is 9.75. The molecular formula is C16H27NO2. The van der Waals surface area contributed by atoms with Gasteiger partial charge < -0.3 is 9.53 Å². The zero-order valence-corrected chi connectivity index (χ0v) is 12.0. The van der Waals surface area contributed by atoms with E-state index in [-0.39, 0.29) is 5.41 Å². The molecule has 0 aromatic heterocycles. The van der Waals surface area contributed by atoms with Crippen LogP contribution in [0.25, 0.3) is 0 Å². The second-order valence-electron chi connectivity index (χ2n) is 6.82. The van der Waals surface area contributed by atoms with Crippen LogP contribution < -0.4 is 0 Å². The maximum absolute atomic E-state index is 11.6. The molecule has 3 fully saturated rings. The first kappa shape index (κ1) is 13.6. The molecule has 3 heteroatoms. The van der Waals surface area contributed by atoms with Crippen molar-refractivity contribution in [3.63, 3.8) is 0 Å². The van der Waals surface area contributed by atoms with E-state index in [1.807, 2.05) is 0 Å². The van der Waals surface area contributed by atoms with Gasteiger partial charge in [0.25, 0.3) is 0 Å². The quantitative estimate of drug-likeness (QED) is 0.735. The van der Waals surface area contributed by atoms with Gasteiger partial charge in [-0.15, -0.1) is 0 Å². The van der Waals surface area contributed by atoms with Crippen LogP contribution in [0.1, 0.15) is 51.4 Å². The van der Waals surface area contributed by atoms with Crippen molar-refractivity contribution < 1.29 is 9.53 Å². The van der Waals surface area contributed by atoms with Crippen molar-refractivity contribution >= 4 is 6.29 Å². The fourth-order valence-electron chi connectivity index (χ4n) is 4.42. The maximum Gasteiger partial charge on any atom is 0.127 e. The number of likely N-dealkylation sites (tertiary alicyclic amines) is 1. The predicted molar refractivity (Wildman–Crippen MR) is 75.1 cm³/mol. The summed E-state index contributed by atoms with van der Waals surface area (Å²) in [5.74, 6) is 0.908. The Kier molecular flexibility index (Phi) is 4.23. The zero-order valence-electron chi connectivity index (χ0n) is 12.0. The summed E-state index contributed by atoms with van der Waals surface area (Å²) in [6.45, 7) is 3.72. The molecule has 1 saturated carbocycles. The molecule has 2 saturated heterocycles. The molecule has 0 spiro atoms. The Bertz CT molecular complexity index is 310. The first-order valence-corrected chi connectivity index (χ1v) is 8.11. The number of ether oxygens (including phenoxy) is 1. The summed E-state index contributed by atoms with van der Waals surface area (Å²) in [6.07, 6.45) is 11.4. The SMILES string of the molecule is O=CC1(CN2CCCC3CCCCC32)CCOCC1. The number of rotatable bonds is 3. The zero-order chi connectivity index (χ0) is 13.1. The van der Waals surface area contributed by atoms with E-state index in [0.717, 1.165) is 44.6 Å². The second-order valence-corrected chi connectivity index (χ2v) is 6.82. The number of carbonyl (C=O) groups excluding carboxylic acids is 1. The van der Waals surface area contributed by atoms with Crippen LogP contribution in [0.5, 0.6) is 0 Å². The molecule has 0 N–H and O–H groups in total. The van der Waals surface area contributed by atoms with Crippen LogP contribution in [-0.4, -0.2) is 43.5 Å². The summed E-state index contributed by atoms with van der Waals surface area (Å²) in [5, 5.41) is 0. The smallest absolute Gasteiger partial charge is 0.127 e. The van der Waals surface area contributed by atoms with Crippen LogP contribution in [0.2, 0.25) is 0 Å². The van der Waals surface area contributed by atoms with Gasteiger partial charge in [-0.1, -0.05) is 12.8 Å². The van der Waals surface area contributed by atoms with Crippen LogP contribution in [0, 0.1) is 11.3 Å². The van der Waals surface area contributed by atoms with E-state index in [4.69, 9.17) is 4.74 Å². The minimum absolute atomic E-state index is 0.114. The number of fused-ring (bicyclic) bond motifs is 1. The van der Waals surface area contributed by atoms with Crippen molar-refractivity contribution in [2.75, 3.05) is 26.3 Å². The van der Waals surface area contributed by atoms with Crippen LogP contribution in [0.3, 0.4) is 0 Å². The molecule has 108 valence electrons. The molecule has 19 heavy (non-hydrogen) atoms. The predicted octanol–water partition coefficient (Wildman–Crippen LogP) is 2.64. The summed E-state index contributed by atoms with van der Waals surface area (Å²) >= 11 is 0. The monoisotopic (exact) mass is 265 g/mol. The maximum atomic E-state index is 11.6. The Balaban J connectivity index is 1.68. The lowest BCUT2D eigenvalue weighted by Gasteiger charge is -2.47. The first-order chi connectivity index (χ1) is 9.33. The van der Waals surface area contributed by atoms with Crippen molar-refractivity contribution in [3.05, 3.63) is 0 Å². The summed E-state index contributed by atoms with van der Waals surface area (Å²) in [5.41, 5.74) is -0.114. The van der Waals surface area contributed by atoms with E-state index in [0.29, 0.717) is 0 Å². The summed E-state index contributed by atoms with van der Waals surface area (Å²) in [4.78, 5) is 14.3. The number of aldehydes is 1. The van der Waals surface area contributed by atoms with E-state index in [1.165, 1.54) is 51.4 Å². The van der Waals surface area contributed by atoms with Gasteiger partial charge in [-0.05, 0) is 51.0 Å². The summed E-state index contributed by atoms with van der Waals surface area (Å²) in [6, 6.07) is 0.766. The molecule has 2 atom stereocenters. The Hall–Kier alpha value is -0.410. The van der Waals surface area contributed by atoms with Crippen LogP contribution in [0.4, 0.5) is 0 Å². The third kappa shape index (κ3) is 2.87. The van der Waals surface area contributed by atoms with Gasteiger partial charge in [-0.3, -0.25) is 4.90 Å². The average Bonchev–Trinajstić information content (AvgIpc) is 2.49. The molecule has 0 bridgehead atoms. The van der Waals surface area contributed by atoms with Crippen molar-refractivity contribution in [1.29, 1.82) is 0 Å². The third-order valence-corrected chi connectivity index (χ3v) is 5.61. The fraction of sp³-hybridized carbons (Fsp3) is 0.938. The van der Waals surface area contributed by atoms with Crippen molar-refractivity contribution in [1.82, 2.24) is 4.90 Å². The van der Waals surface area contributed by atoms with E-state index < -0.39 is 0 Å². The van der Waals surface area contributed by atoms with E-state index >= 15 is 0 Å². The van der Waals surface area contributed by atoms with Gasteiger partial charge in [0.05, 0.1) is 0 Å². The fourth-order valence-corrected chi connectivity index (χ4v) is 4.42. The van der Waals surface area contributed by atoms with Crippen molar-refractivity contribution in [2.45, 2.75) is 57.4 Å². The Morgan fingerprint density at radius 3 is 2.63 bits per heavy atom. The summed E-state index contributed by atoms with van der Waals surface area (Å²) in [7, 11) is 0. The largest absolute Gasteiger partial charge is 0.381 e. The van der Waals surface area contributed by atoms with Crippen molar-refractivity contribution in [2.24, 2.45) is 11.3 Å². The average molecular weight is 265 g/mol. The minimum Gasteiger partial charge on any atom is -0.381 e. The Morgan fingerprint density at radius 2 is 1.84 bits per heavy atom. The molecule has 0 radical (unpaired) electrons. The highest BCUT2D eigenvalue weighted by Gasteiger charge is 2.39. The Morgan fingerprint density at radius 1 is 1.11 bits per heavy atom. The molecule has 1 aliphatic carbocycles. The van der Waals surface area contributed by atoms with Crippen molar-refractivity contribution in [3.8, 4) is 0 Å². The van der Waals surface area contributed by atoms with Gasteiger partial charge in [-0.2, -0.15) is 0 Å². The first-order valence-electron chi connectivity index (χ1n) is 8.11. The minimum atomic E-state index is -0.114. The van der Waals surface area contributed by atoms with Crippen LogP contribution >= 0.6 is 0 Å². The standard InChI is InChI=1S/C16H27NO2/c18-13-16(7-10-19-11-8-16)12-17-9-3-5-14-4-1-2-6-15(14)17/h13-15H,1-12H2. The van der Waals surface area contributed by atoms with E-state index in [1.54, 1.807) is 0 Å². The molecule has 2 aliphatic heterocycles. The highest BCUT2D eigenvalue weighted by molar-refractivity contribution is 5.60. The lowest BCUT2D eigenvalue weighted by Crippen LogP contribution is -2.52. The molecule has 3 aliphatic rings. The topological polar surface area (TPSA) is 29.5 Å². The molecule has 2 unspecified atom stereocenters. The van der Waals surface area contributed by atoms with E-state index in [2.05, 4.69) is 4.90 Å². The molecular weight excluding hydrogens is 238 g/mol. The van der Waals surface area contributed by atoms with Gasteiger partial charge >= 0.3 is 0 Å². The van der Waals surface area contributed by atoms with E-state index in [9.17, 15) is 4.79 Å². The lowest BCUT2D eigenvalue weighted by molar-refractivity contribution is -0.124. The number of piperidine rings is 1. The molecule has 3 rings (SSSR count).